The lowest BCUT2D eigenvalue weighted by Gasteiger charge is -2.42. The summed E-state index contributed by atoms with van der Waals surface area (Å²) in [5, 5.41) is 20.3. The number of methoxy groups -OCH3 is 1. The van der Waals surface area contributed by atoms with Crippen LogP contribution in [0.15, 0.2) is 28.8 Å². The maximum Gasteiger partial charge on any atom is 0.133 e. The Morgan fingerprint density at radius 1 is 1.43 bits per heavy atom. The number of aliphatic hydroxyl groups is 1. The molecule has 3 nitrogen and oxygen atoms in total. The van der Waals surface area contributed by atoms with Gasteiger partial charge in [0.05, 0.1) is 17.7 Å². The third-order valence-electron chi connectivity index (χ3n) is 4.66. The van der Waals surface area contributed by atoms with Crippen molar-refractivity contribution in [2.24, 2.45) is 11.3 Å². The molecule has 1 aliphatic rings. The normalized spacial score (nSPS) is 24.9. The molecule has 0 radical (unpaired) electrons. The van der Waals surface area contributed by atoms with Gasteiger partial charge < -0.3 is 14.9 Å². The molecule has 1 aliphatic carbocycles. The highest BCUT2D eigenvalue weighted by Crippen LogP contribution is 2.46. The van der Waals surface area contributed by atoms with Crippen LogP contribution in [0.25, 0.3) is 0 Å². The Bertz CT molecular complexity index is 551. The predicted molar refractivity (Wildman–Crippen MR) is 87.7 cm³/mol. The molecule has 0 aromatic heterocycles. The second-order valence-corrected chi connectivity index (χ2v) is 7.34. The number of rotatable bonds is 3. The lowest BCUT2D eigenvalue weighted by Crippen LogP contribution is -2.37. The Hall–Kier alpha value is -1.00. The molecule has 1 saturated carbocycles. The molecule has 0 saturated heterocycles. The zero-order valence-electron chi connectivity index (χ0n) is 12.8. The van der Waals surface area contributed by atoms with E-state index in [2.05, 4.69) is 36.4 Å². The van der Waals surface area contributed by atoms with Crippen LogP contribution in [0.1, 0.15) is 32.3 Å². The number of phenolic OH excluding ortho intramolecular Hbond substituents is 1. The van der Waals surface area contributed by atoms with E-state index in [1.165, 1.54) is 0 Å². The number of halogens is 1. The first kappa shape index (κ1) is 16.4. The van der Waals surface area contributed by atoms with Gasteiger partial charge in [0.25, 0.3) is 0 Å². The molecular formula is C17H23BrO3. The van der Waals surface area contributed by atoms with Gasteiger partial charge in [0.15, 0.2) is 0 Å². The number of hydrogen-bond acceptors (Lipinski definition) is 3. The number of aromatic hydroxyl groups is 1. The molecule has 2 N–H and O–H groups in total. The molecular weight excluding hydrogens is 332 g/mol. The zero-order valence-corrected chi connectivity index (χ0v) is 14.4. The van der Waals surface area contributed by atoms with Crippen LogP contribution in [0.4, 0.5) is 0 Å². The molecule has 2 atom stereocenters. The smallest absolute Gasteiger partial charge is 0.133 e. The van der Waals surface area contributed by atoms with E-state index in [9.17, 15) is 10.2 Å². The van der Waals surface area contributed by atoms with E-state index in [4.69, 9.17) is 4.74 Å². The third kappa shape index (κ3) is 3.27. The van der Waals surface area contributed by atoms with Crippen LogP contribution in [0.3, 0.4) is 0 Å². The average Bonchev–Trinajstić information content (AvgIpc) is 2.41. The quantitative estimate of drug-likeness (QED) is 0.804. The summed E-state index contributed by atoms with van der Waals surface area (Å²) in [6.45, 7) is 8.48. The predicted octanol–water partition coefficient (Wildman–Crippen LogP) is 4.06. The Balaban J connectivity index is 2.33. The molecule has 0 bridgehead atoms. The second-order valence-electron chi connectivity index (χ2n) is 6.49. The number of phenols is 1. The van der Waals surface area contributed by atoms with Gasteiger partial charge in [-0.3, -0.25) is 0 Å². The van der Waals surface area contributed by atoms with Gasteiger partial charge in [-0.05, 0) is 69.8 Å². The fraction of sp³-hybridized carbons (Fsp3) is 0.529. The summed E-state index contributed by atoms with van der Waals surface area (Å²) in [7, 11) is 1.61. The van der Waals surface area contributed by atoms with Crippen LogP contribution in [0.5, 0.6) is 11.5 Å². The van der Waals surface area contributed by atoms with Crippen LogP contribution < -0.4 is 4.74 Å². The standard InChI is InChI=1S/C17H23BrO3/c1-10-12(17(2,3)6-5-14(10)19)7-11-8-16(21-4)13(18)9-15(11)20/h8-9,12,14,19-20H,1,5-7H2,2-4H3/t12-,14-/m1/s1. The van der Waals surface area contributed by atoms with Crippen molar-refractivity contribution in [2.45, 2.75) is 39.2 Å². The van der Waals surface area contributed by atoms with Gasteiger partial charge in [-0.2, -0.15) is 0 Å². The number of benzene rings is 1. The molecule has 4 heteroatoms. The maximum atomic E-state index is 10.2. The van der Waals surface area contributed by atoms with Crippen molar-refractivity contribution in [3.8, 4) is 11.5 Å². The van der Waals surface area contributed by atoms with E-state index < -0.39 is 6.10 Å². The summed E-state index contributed by atoms with van der Waals surface area (Å²) in [6.07, 6.45) is 1.92. The van der Waals surface area contributed by atoms with Crippen molar-refractivity contribution < 1.29 is 14.9 Å². The number of aliphatic hydroxyl groups excluding tert-OH is 1. The summed E-state index contributed by atoms with van der Waals surface area (Å²) >= 11 is 3.37. The van der Waals surface area contributed by atoms with E-state index in [0.717, 1.165) is 28.5 Å². The molecule has 0 unspecified atom stereocenters. The van der Waals surface area contributed by atoms with E-state index in [0.29, 0.717) is 12.2 Å². The van der Waals surface area contributed by atoms with E-state index in [1.807, 2.05) is 6.07 Å². The molecule has 0 amide bonds. The van der Waals surface area contributed by atoms with Gasteiger partial charge in [-0.1, -0.05) is 20.4 Å². The highest BCUT2D eigenvalue weighted by molar-refractivity contribution is 9.10. The molecule has 0 aliphatic heterocycles. The highest BCUT2D eigenvalue weighted by Gasteiger charge is 2.38. The molecule has 116 valence electrons. The highest BCUT2D eigenvalue weighted by atomic mass is 79.9. The van der Waals surface area contributed by atoms with Crippen molar-refractivity contribution in [3.05, 3.63) is 34.3 Å². The summed E-state index contributed by atoms with van der Waals surface area (Å²) in [5.74, 6) is 1.08. The first-order valence-corrected chi connectivity index (χ1v) is 7.97. The minimum Gasteiger partial charge on any atom is -0.508 e. The molecule has 1 aromatic carbocycles. The molecule has 1 aromatic rings. The fourth-order valence-corrected chi connectivity index (χ4v) is 3.63. The van der Waals surface area contributed by atoms with Gasteiger partial charge in [-0.15, -0.1) is 0 Å². The lowest BCUT2D eigenvalue weighted by atomic mass is 9.64. The Morgan fingerprint density at radius 2 is 2.10 bits per heavy atom. The first-order chi connectivity index (χ1) is 9.76. The summed E-state index contributed by atoms with van der Waals surface area (Å²) < 4.78 is 6.03. The topological polar surface area (TPSA) is 49.7 Å². The van der Waals surface area contributed by atoms with Crippen LogP contribution in [-0.2, 0) is 6.42 Å². The summed E-state index contributed by atoms with van der Waals surface area (Å²) in [6, 6.07) is 3.51. The minimum absolute atomic E-state index is 0.0586. The SMILES string of the molecule is C=C1[C@H](O)CCC(C)(C)[C@@H]1Cc1cc(OC)c(Br)cc1O. The number of hydrogen-bond donors (Lipinski definition) is 2. The van der Waals surface area contributed by atoms with Crippen molar-refractivity contribution in [3.63, 3.8) is 0 Å². The molecule has 21 heavy (non-hydrogen) atoms. The maximum absolute atomic E-state index is 10.2. The second kappa shape index (κ2) is 6.01. The van der Waals surface area contributed by atoms with Gasteiger partial charge in [0.1, 0.15) is 11.5 Å². The van der Waals surface area contributed by atoms with Crippen molar-refractivity contribution in [1.29, 1.82) is 0 Å². The van der Waals surface area contributed by atoms with Gasteiger partial charge in [0.2, 0.25) is 0 Å². The lowest BCUT2D eigenvalue weighted by molar-refractivity contribution is 0.0866. The molecule has 2 rings (SSSR count). The van der Waals surface area contributed by atoms with Crippen LogP contribution in [0, 0.1) is 11.3 Å². The first-order valence-electron chi connectivity index (χ1n) is 7.18. The summed E-state index contributed by atoms with van der Waals surface area (Å²) in [4.78, 5) is 0. The van der Waals surface area contributed by atoms with Crippen LogP contribution in [0.2, 0.25) is 0 Å². The molecule has 1 fully saturated rings. The van der Waals surface area contributed by atoms with Gasteiger partial charge in [-0.25, -0.2) is 0 Å². The van der Waals surface area contributed by atoms with Crippen LogP contribution >= 0.6 is 15.9 Å². The zero-order chi connectivity index (χ0) is 15.8. The Morgan fingerprint density at radius 3 is 2.71 bits per heavy atom. The Labute approximate surface area is 134 Å². The van der Waals surface area contributed by atoms with E-state index >= 15 is 0 Å². The van der Waals surface area contributed by atoms with E-state index in [1.54, 1.807) is 13.2 Å². The fourth-order valence-electron chi connectivity index (χ4n) is 3.13. The van der Waals surface area contributed by atoms with Crippen molar-refractivity contribution in [2.75, 3.05) is 7.11 Å². The minimum atomic E-state index is -0.442. The van der Waals surface area contributed by atoms with Crippen molar-refractivity contribution >= 4 is 15.9 Å². The monoisotopic (exact) mass is 354 g/mol. The van der Waals surface area contributed by atoms with Crippen molar-refractivity contribution in [1.82, 2.24) is 0 Å². The summed E-state index contributed by atoms with van der Waals surface area (Å²) in [5.41, 5.74) is 1.75. The number of ether oxygens (including phenoxy) is 1. The van der Waals surface area contributed by atoms with E-state index in [-0.39, 0.29) is 17.1 Å². The van der Waals surface area contributed by atoms with Gasteiger partial charge >= 0.3 is 0 Å². The molecule has 0 heterocycles. The average molecular weight is 355 g/mol. The van der Waals surface area contributed by atoms with Gasteiger partial charge in [0, 0.05) is 0 Å². The third-order valence-corrected chi connectivity index (χ3v) is 5.28. The van der Waals surface area contributed by atoms with Crippen LogP contribution in [-0.4, -0.2) is 23.4 Å². The Kier molecular flexibility index (Phi) is 4.69. The largest absolute Gasteiger partial charge is 0.508 e. The molecule has 0 spiro atoms.